The van der Waals surface area contributed by atoms with Crippen molar-refractivity contribution in [2.24, 2.45) is 4.99 Å². The number of hydrogen-bond acceptors (Lipinski definition) is 6. The van der Waals surface area contributed by atoms with Crippen molar-refractivity contribution >= 4 is 36.1 Å². The SMILES string of the molecule is O=C(N=CC1CCCc2ccccc21)[C@H](CCC(=O)N1CCN(C2CCCCC2)CC1)N1C(=O)[C@@H](N2C(=O)OC[C@@H]2c2ccccc2)[C@H]1/C=C/c1ccccc1. The summed E-state index contributed by atoms with van der Waals surface area (Å²) in [5.74, 6) is -0.815. The Bertz CT molecular complexity index is 1920. The van der Waals surface area contributed by atoms with E-state index in [2.05, 4.69) is 22.0 Å². The van der Waals surface area contributed by atoms with E-state index in [1.165, 1.54) is 48.1 Å². The Morgan fingerprint density at radius 2 is 1.54 bits per heavy atom. The molecule has 292 valence electrons. The molecule has 10 heteroatoms. The maximum atomic E-state index is 14.6. The van der Waals surface area contributed by atoms with Crippen LogP contribution in [-0.4, -0.2) is 107 Å². The summed E-state index contributed by atoms with van der Waals surface area (Å²) in [6, 6.07) is 25.3. The Morgan fingerprint density at radius 1 is 0.821 bits per heavy atom. The van der Waals surface area contributed by atoms with E-state index in [0.717, 1.165) is 43.5 Å². The van der Waals surface area contributed by atoms with Crippen molar-refractivity contribution in [2.75, 3.05) is 32.8 Å². The fourth-order valence-electron chi connectivity index (χ4n) is 9.58. The summed E-state index contributed by atoms with van der Waals surface area (Å²) in [4.78, 5) is 68.4. The first-order valence-corrected chi connectivity index (χ1v) is 20.7. The second-order valence-corrected chi connectivity index (χ2v) is 15.9. The van der Waals surface area contributed by atoms with E-state index < -0.39 is 36.2 Å². The largest absolute Gasteiger partial charge is 0.447 e. The minimum Gasteiger partial charge on any atom is -0.447 e. The van der Waals surface area contributed by atoms with Crippen molar-refractivity contribution in [1.29, 1.82) is 0 Å². The van der Waals surface area contributed by atoms with E-state index in [4.69, 9.17) is 4.74 Å². The summed E-state index contributed by atoms with van der Waals surface area (Å²) in [7, 11) is 0. The molecule has 3 aromatic carbocycles. The molecule has 2 aliphatic carbocycles. The molecule has 1 unspecified atom stereocenters. The highest BCUT2D eigenvalue weighted by Crippen LogP contribution is 2.39. The van der Waals surface area contributed by atoms with Gasteiger partial charge in [-0.3, -0.25) is 24.2 Å². The van der Waals surface area contributed by atoms with Gasteiger partial charge in [0.25, 0.3) is 5.91 Å². The third-order valence-corrected chi connectivity index (χ3v) is 12.6. The summed E-state index contributed by atoms with van der Waals surface area (Å²) in [6.07, 6.45) is 14.5. The number of ether oxygens (including phenoxy) is 1. The van der Waals surface area contributed by atoms with Gasteiger partial charge < -0.3 is 14.5 Å². The number of aryl methyl sites for hydroxylation is 1. The summed E-state index contributed by atoms with van der Waals surface area (Å²) < 4.78 is 5.57. The number of benzene rings is 3. The van der Waals surface area contributed by atoms with Crippen molar-refractivity contribution in [3.63, 3.8) is 0 Å². The molecule has 4 fully saturated rings. The molecule has 0 N–H and O–H groups in total. The zero-order valence-electron chi connectivity index (χ0n) is 32.2. The Balaban J connectivity index is 1.06. The van der Waals surface area contributed by atoms with Crippen LogP contribution >= 0.6 is 0 Å². The second-order valence-electron chi connectivity index (χ2n) is 15.9. The van der Waals surface area contributed by atoms with Crippen LogP contribution in [0.1, 0.15) is 92.0 Å². The first kappa shape index (κ1) is 37.8. The predicted molar refractivity (Wildman–Crippen MR) is 216 cm³/mol. The number of aliphatic imine (C=N–C) groups is 1. The number of likely N-dealkylation sites (tertiary alicyclic amines) is 1. The van der Waals surface area contributed by atoms with E-state index >= 15 is 0 Å². The van der Waals surface area contributed by atoms with Gasteiger partial charge in [0.05, 0.1) is 12.1 Å². The molecule has 8 rings (SSSR count). The van der Waals surface area contributed by atoms with Crippen molar-refractivity contribution in [3.05, 3.63) is 113 Å². The average Bonchev–Trinajstić information content (AvgIpc) is 3.63. The smallest absolute Gasteiger partial charge is 0.411 e. The maximum absolute atomic E-state index is 14.6. The van der Waals surface area contributed by atoms with Crippen molar-refractivity contribution < 1.29 is 23.9 Å². The van der Waals surface area contributed by atoms with Gasteiger partial charge in [0.15, 0.2) is 0 Å². The van der Waals surface area contributed by atoms with Gasteiger partial charge in [0.1, 0.15) is 18.7 Å². The van der Waals surface area contributed by atoms with Gasteiger partial charge in [-0.1, -0.05) is 116 Å². The molecule has 3 aromatic rings. The normalized spacial score (nSPS) is 25.3. The van der Waals surface area contributed by atoms with Crippen LogP contribution in [-0.2, 0) is 25.5 Å². The molecule has 56 heavy (non-hydrogen) atoms. The molecule has 0 spiro atoms. The number of β-lactam (4-membered cyclic amide) rings is 1. The van der Waals surface area contributed by atoms with Crippen molar-refractivity contribution in [1.82, 2.24) is 19.6 Å². The van der Waals surface area contributed by atoms with Gasteiger partial charge in [-0.15, -0.1) is 0 Å². The third-order valence-electron chi connectivity index (χ3n) is 12.6. The molecule has 0 aromatic heterocycles. The van der Waals surface area contributed by atoms with Crippen molar-refractivity contribution in [2.45, 2.75) is 100 Å². The number of carbonyl (C=O) groups excluding carboxylic acids is 4. The first-order valence-electron chi connectivity index (χ1n) is 20.7. The standard InChI is InChI=1S/C46H53N5O5/c52-42(49-29-27-48(28-30-49)37-20-8-3-9-21-37)26-25-40(44(53)47-31-36-19-12-18-34-15-10-11-22-38(34)36)50-39(24-23-33-13-4-1-5-14-33)43(45(50)54)51-41(32-56-46(51)55)35-16-6-2-7-17-35/h1-2,4-7,10-11,13-17,22-24,31,36-37,39-41,43H,3,8-9,12,18-21,25-30,32H2/b24-23+,47-31?/t36?,39-,40+,41-,43+/m1/s1. The van der Waals surface area contributed by atoms with Crippen LogP contribution in [0, 0.1) is 0 Å². The van der Waals surface area contributed by atoms with E-state index in [0.29, 0.717) is 19.1 Å². The number of cyclic esters (lactones) is 1. The molecule has 5 aliphatic rings. The van der Waals surface area contributed by atoms with Crippen LogP contribution < -0.4 is 0 Å². The molecule has 10 nitrogen and oxygen atoms in total. The number of piperazine rings is 1. The second kappa shape index (κ2) is 17.4. The number of nitrogens with zero attached hydrogens (tertiary/aromatic N) is 5. The van der Waals surface area contributed by atoms with Crippen LogP contribution in [0.3, 0.4) is 0 Å². The molecule has 1 saturated carbocycles. The Morgan fingerprint density at radius 3 is 2.30 bits per heavy atom. The minimum absolute atomic E-state index is 0.00810. The number of rotatable bonds is 11. The summed E-state index contributed by atoms with van der Waals surface area (Å²) >= 11 is 0. The average molecular weight is 756 g/mol. The Labute approximate surface area is 330 Å². The minimum atomic E-state index is -0.986. The molecular weight excluding hydrogens is 703 g/mol. The molecule has 0 bridgehead atoms. The van der Waals surface area contributed by atoms with Crippen molar-refractivity contribution in [3.8, 4) is 0 Å². The van der Waals surface area contributed by atoms with Gasteiger partial charge in [-0.2, -0.15) is 0 Å². The lowest BCUT2D eigenvalue weighted by molar-refractivity contribution is -0.162. The van der Waals surface area contributed by atoms with Crippen LogP contribution in [0.5, 0.6) is 0 Å². The molecule has 3 saturated heterocycles. The van der Waals surface area contributed by atoms with Gasteiger partial charge in [-0.25, -0.2) is 9.79 Å². The van der Waals surface area contributed by atoms with Crippen LogP contribution in [0.25, 0.3) is 6.08 Å². The Kier molecular flexibility index (Phi) is 11.7. The van der Waals surface area contributed by atoms with E-state index in [-0.39, 0.29) is 37.2 Å². The lowest BCUT2D eigenvalue weighted by Gasteiger charge is -2.52. The summed E-state index contributed by atoms with van der Waals surface area (Å²) in [5.41, 5.74) is 4.24. The van der Waals surface area contributed by atoms with Gasteiger partial charge in [0, 0.05) is 50.8 Å². The zero-order valence-corrected chi connectivity index (χ0v) is 32.2. The molecule has 4 amide bonds. The topological polar surface area (TPSA) is 103 Å². The monoisotopic (exact) mass is 755 g/mol. The maximum Gasteiger partial charge on any atom is 0.411 e. The van der Waals surface area contributed by atoms with Crippen LogP contribution in [0.4, 0.5) is 4.79 Å². The van der Waals surface area contributed by atoms with E-state index in [1.807, 2.05) is 89.8 Å². The first-order chi connectivity index (χ1) is 27.5. The Hall–Kier alpha value is -5.09. The molecule has 3 aliphatic heterocycles. The van der Waals surface area contributed by atoms with E-state index in [1.54, 1.807) is 11.1 Å². The summed E-state index contributed by atoms with van der Waals surface area (Å²) in [5, 5.41) is 0. The number of hydrogen-bond donors (Lipinski definition) is 0. The highest BCUT2D eigenvalue weighted by atomic mass is 16.6. The quantitative estimate of drug-likeness (QED) is 0.157. The fraction of sp³-hybridized carbons (Fsp3) is 0.457. The number of carbonyl (C=O) groups is 4. The highest BCUT2D eigenvalue weighted by molar-refractivity contribution is 6.00. The fourth-order valence-corrected chi connectivity index (χ4v) is 9.58. The number of fused-ring (bicyclic) bond motifs is 1. The van der Waals surface area contributed by atoms with E-state index in [9.17, 15) is 19.2 Å². The van der Waals surface area contributed by atoms with Gasteiger partial charge in [0.2, 0.25) is 11.8 Å². The molecular formula is C46H53N5O5. The third kappa shape index (κ3) is 8.08. The van der Waals surface area contributed by atoms with Crippen LogP contribution in [0.15, 0.2) is 96.0 Å². The molecule has 3 heterocycles. The lowest BCUT2D eigenvalue weighted by Crippen LogP contribution is -2.73. The highest BCUT2D eigenvalue weighted by Gasteiger charge is 2.58. The van der Waals surface area contributed by atoms with Crippen LogP contribution in [0.2, 0.25) is 0 Å². The predicted octanol–water partition coefficient (Wildman–Crippen LogP) is 6.82. The zero-order chi connectivity index (χ0) is 38.4. The van der Waals surface area contributed by atoms with Gasteiger partial charge in [-0.05, 0) is 60.8 Å². The molecule has 5 atom stereocenters. The molecule has 0 radical (unpaired) electrons. The summed E-state index contributed by atoms with van der Waals surface area (Å²) in [6.45, 7) is 3.18. The van der Waals surface area contributed by atoms with Gasteiger partial charge >= 0.3 is 6.09 Å². The number of amides is 4. The lowest BCUT2D eigenvalue weighted by atomic mass is 9.83.